The van der Waals surface area contributed by atoms with Crippen molar-refractivity contribution in [1.82, 2.24) is 4.72 Å². The van der Waals surface area contributed by atoms with E-state index in [1.165, 1.54) is 0 Å². The molecule has 5 nitrogen and oxygen atoms in total. The van der Waals surface area contributed by atoms with Crippen molar-refractivity contribution in [3.8, 4) is 0 Å². The Hall–Kier alpha value is -0.700. The Morgan fingerprint density at radius 1 is 1.47 bits per heavy atom. The van der Waals surface area contributed by atoms with Gasteiger partial charge in [-0.05, 0) is 47.3 Å². The average Bonchev–Trinajstić information content (AvgIpc) is 2.28. The zero-order valence-corrected chi connectivity index (χ0v) is 12.4. The highest BCUT2D eigenvalue weighted by Gasteiger charge is 2.40. The van der Waals surface area contributed by atoms with E-state index < -0.39 is 21.4 Å². The van der Waals surface area contributed by atoms with Crippen LogP contribution in [-0.4, -0.2) is 25.7 Å². The van der Waals surface area contributed by atoms with E-state index in [9.17, 15) is 17.9 Å². The molecule has 106 valence electrons. The summed E-state index contributed by atoms with van der Waals surface area (Å²) in [7, 11) is -3.86. The fourth-order valence-electron chi connectivity index (χ4n) is 1.99. The number of halogens is 2. The van der Waals surface area contributed by atoms with Crippen LogP contribution in [0.15, 0.2) is 21.5 Å². The van der Waals surface area contributed by atoms with Gasteiger partial charge in [0, 0.05) is 4.47 Å². The Morgan fingerprint density at radius 3 is 2.58 bits per heavy atom. The zero-order valence-electron chi connectivity index (χ0n) is 9.99. The third-order valence-electron chi connectivity index (χ3n) is 3.30. The number of anilines is 1. The molecule has 1 fully saturated rings. The number of rotatable bonds is 4. The molecule has 19 heavy (non-hydrogen) atoms. The normalized spacial score (nSPS) is 18.1. The maximum Gasteiger partial charge on any atom is 0.242 e. The lowest BCUT2D eigenvalue weighted by molar-refractivity contribution is 0.110. The van der Waals surface area contributed by atoms with Crippen molar-refractivity contribution >= 4 is 31.6 Å². The number of benzene rings is 1. The van der Waals surface area contributed by atoms with Crippen LogP contribution in [0.1, 0.15) is 19.3 Å². The van der Waals surface area contributed by atoms with Crippen molar-refractivity contribution in [2.45, 2.75) is 29.7 Å². The SMILES string of the molecule is Nc1cc(S(=O)(=O)NC2(CO)CCC2)c(Br)cc1F. The Labute approximate surface area is 119 Å². The second-order valence-electron chi connectivity index (χ2n) is 4.70. The van der Waals surface area contributed by atoms with Gasteiger partial charge in [-0.25, -0.2) is 17.5 Å². The number of hydrogen-bond acceptors (Lipinski definition) is 4. The first-order valence-electron chi connectivity index (χ1n) is 5.69. The quantitative estimate of drug-likeness (QED) is 0.713. The van der Waals surface area contributed by atoms with Crippen LogP contribution < -0.4 is 10.5 Å². The van der Waals surface area contributed by atoms with Crippen molar-refractivity contribution in [1.29, 1.82) is 0 Å². The Balaban J connectivity index is 2.37. The molecule has 0 aromatic heterocycles. The maximum atomic E-state index is 13.2. The molecule has 1 aliphatic carbocycles. The minimum Gasteiger partial charge on any atom is -0.396 e. The predicted molar refractivity (Wildman–Crippen MR) is 72.5 cm³/mol. The lowest BCUT2D eigenvalue weighted by atomic mass is 9.78. The highest BCUT2D eigenvalue weighted by atomic mass is 79.9. The van der Waals surface area contributed by atoms with Crippen LogP contribution in [-0.2, 0) is 10.0 Å². The molecule has 1 aromatic rings. The van der Waals surface area contributed by atoms with Crippen LogP contribution in [0.5, 0.6) is 0 Å². The second kappa shape index (κ2) is 5.01. The van der Waals surface area contributed by atoms with Crippen LogP contribution in [0, 0.1) is 5.82 Å². The van der Waals surface area contributed by atoms with Crippen LogP contribution in [0.2, 0.25) is 0 Å². The third-order valence-corrected chi connectivity index (χ3v) is 5.84. The first-order valence-corrected chi connectivity index (χ1v) is 7.97. The van der Waals surface area contributed by atoms with Gasteiger partial charge in [-0.2, -0.15) is 0 Å². The number of nitrogens with one attached hydrogen (secondary N) is 1. The van der Waals surface area contributed by atoms with Gasteiger partial charge in [0.05, 0.1) is 22.7 Å². The summed E-state index contributed by atoms with van der Waals surface area (Å²) in [5.41, 5.74) is 4.35. The maximum absolute atomic E-state index is 13.2. The molecule has 0 radical (unpaired) electrons. The Morgan fingerprint density at radius 2 is 2.11 bits per heavy atom. The molecule has 4 N–H and O–H groups in total. The number of hydrogen-bond donors (Lipinski definition) is 3. The van der Waals surface area contributed by atoms with Crippen LogP contribution in [0.4, 0.5) is 10.1 Å². The van der Waals surface area contributed by atoms with Crippen molar-refractivity contribution in [2.75, 3.05) is 12.3 Å². The van der Waals surface area contributed by atoms with Crippen LogP contribution >= 0.6 is 15.9 Å². The van der Waals surface area contributed by atoms with Gasteiger partial charge < -0.3 is 10.8 Å². The smallest absolute Gasteiger partial charge is 0.242 e. The summed E-state index contributed by atoms with van der Waals surface area (Å²) in [4.78, 5) is -0.133. The molecule has 0 spiro atoms. The Kier molecular flexibility index (Phi) is 3.87. The molecule has 2 rings (SSSR count). The molecule has 0 atom stereocenters. The Bertz CT molecular complexity index is 597. The number of nitrogen functional groups attached to an aromatic ring is 1. The minimum absolute atomic E-state index is 0.0964. The van der Waals surface area contributed by atoms with E-state index in [2.05, 4.69) is 20.7 Å². The van der Waals surface area contributed by atoms with E-state index in [1.807, 2.05) is 0 Å². The highest BCUT2D eigenvalue weighted by molar-refractivity contribution is 9.10. The molecule has 0 amide bonds. The summed E-state index contributed by atoms with van der Waals surface area (Å²) < 4.78 is 40.3. The molecule has 1 aromatic carbocycles. The molecule has 0 unspecified atom stereocenters. The summed E-state index contributed by atoms with van der Waals surface area (Å²) in [6.07, 6.45) is 2.02. The predicted octanol–water partition coefficient (Wildman–Crippen LogP) is 1.36. The molecule has 0 aliphatic heterocycles. The number of aliphatic hydroxyl groups is 1. The molecule has 0 saturated heterocycles. The van der Waals surface area contributed by atoms with Crippen molar-refractivity contribution in [2.24, 2.45) is 0 Å². The molecule has 0 bridgehead atoms. The monoisotopic (exact) mass is 352 g/mol. The number of sulfonamides is 1. The molecule has 1 saturated carbocycles. The van der Waals surface area contributed by atoms with Crippen LogP contribution in [0.3, 0.4) is 0 Å². The molecular formula is C11H14BrFN2O3S. The fourth-order valence-corrected chi connectivity index (χ4v) is 4.49. The minimum atomic E-state index is -3.86. The van der Waals surface area contributed by atoms with Gasteiger partial charge in [0.1, 0.15) is 5.82 Å². The van der Waals surface area contributed by atoms with Gasteiger partial charge in [-0.1, -0.05) is 0 Å². The van der Waals surface area contributed by atoms with Gasteiger partial charge in [0.15, 0.2) is 0 Å². The zero-order chi connectivity index (χ0) is 14.3. The van der Waals surface area contributed by atoms with E-state index in [-0.39, 0.29) is 21.7 Å². The topological polar surface area (TPSA) is 92.4 Å². The summed E-state index contributed by atoms with van der Waals surface area (Å²) in [5, 5.41) is 9.29. The average molecular weight is 353 g/mol. The standard InChI is InChI=1S/C11H14BrFN2O3S/c12-7-4-8(13)9(14)5-10(7)19(17,18)15-11(6-16)2-1-3-11/h4-5,15-16H,1-3,6,14H2. The first kappa shape index (κ1) is 14.7. The van der Waals surface area contributed by atoms with Gasteiger partial charge >= 0.3 is 0 Å². The van der Waals surface area contributed by atoms with E-state index in [4.69, 9.17) is 5.73 Å². The van der Waals surface area contributed by atoms with Crippen molar-refractivity contribution < 1.29 is 17.9 Å². The molecule has 8 heteroatoms. The lowest BCUT2D eigenvalue weighted by Crippen LogP contribution is -2.56. The van der Waals surface area contributed by atoms with Crippen molar-refractivity contribution in [3.63, 3.8) is 0 Å². The van der Waals surface area contributed by atoms with E-state index in [0.29, 0.717) is 12.8 Å². The third kappa shape index (κ3) is 2.76. The van der Waals surface area contributed by atoms with Gasteiger partial charge in [-0.15, -0.1) is 0 Å². The summed E-state index contributed by atoms with van der Waals surface area (Å²) in [5.74, 6) is -0.689. The van der Waals surface area contributed by atoms with E-state index >= 15 is 0 Å². The molecular weight excluding hydrogens is 339 g/mol. The van der Waals surface area contributed by atoms with E-state index in [0.717, 1.165) is 18.6 Å². The largest absolute Gasteiger partial charge is 0.396 e. The molecule has 1 aliphatic rings. The van der Waals surface area contributed by atoms with Gasteiger partial charge in [0.25, 0.3) is 0 Å². The van der Waals surface area contributed by atoms with E-state index in [1.54, 1.807) is 0 Å². The van der Waals surface area contributed by atoms with Crippen molar-refractivity contribution in [3.05, 3.63) is 22.4 Å². The lowest BCUT2D eigenvalue weighted by Gasteiger charge is -2.40. The second-order valence-corrected chi connectivity index (χ2v) is 7.21. The summed E-state index contributed by atoms with van der Waals surface area (Å²) >= 11 is 3.01. The molecule has 0 heterocycles. The van der Waals surface area contributed by atoms with Gasteiger partial charge in [0.2, 0.25) is 10.0 Å². The van der Waals surface area contributed by atoms with Crippen LogP contribution in [0.25, 0.3) is 0 Å². The summed E-state index contributed by atoms with van der Waals surface area (Å²) in [6.45, 7) is -0.263. The number of aliphatic hydroxyl groups excluding tert-OH is 1. The fraction of sp³-hybridized carbons (Fsp3) is 0.455. The van der Waals surface area contributed by atoms with Gasteiger partial charge in [-0.3, -0.25) is 0 Å². The summed E-state index contributed by atoms with van der Waals surface area (Å²) in [6, 6.07) is 2.07. The highest BCUT2D eigenvalue weighted by Crippen LogP contribution is 2.34. The number of nitrogens with two attached hydrogens (primary N) is 1. The first-order chi connectivity index (χ1) is 8.80.